The van der Waals surface area contributed by atoms with Gasteiger partial charge in [0.1, 0.15) is 0 Å². The van der Waals surface area contributed by atoms with Crippen LogP contribution in [-0.4, -0.2) is 30.6 Å². The van der Waals surface area contributed by atoms with Gasteiger partial charge in [-0.1, -0.05) is 65.2 Å². The number of rotatable bonds is 12. The molecule has 2 heteroatoms. The van der Waals surface area contributed by atoms with Crippen molar-refractivity contribution in [3.63, 3.8) is 0 Å². The van der Waals surface area contributed by atoms with Crippen molar-refractivity contribution in [1.82, 2.24) is 4.90 Å². The molecular formula is C18H38N2. The van der Waals surface area contributed by atoms with E-state index >= 15 is 0 Å². The van der Waals surface area contributed by atoms with Gasteiger partial charge in [0, 0.05) is 19.1 Å². The molecule has 0 radical (unpaired) electrons. The molecule has 2 unspecified atom stereocenters. The lowest BCUT2D eigenvalue weighted by molar-refractivity contribution is 0.221. The molecule has 0 aromatic rings. The summed E-state index contributed by atoms with van der Waals surface area (Å²) < 4.78 is 0. The summed E-state index contributed by atoms with van der Waals surface area (Å²) in [5.41, 5.74) is 6.01. The molecule has 0 bridgehead atoms. The van der Waals surface area contributed by atoms with Gasteiger partial charge in [-0.15, -0.1) is 0 Å². The molecule has 20 heavy (non-hydrogen) atoms. The van der Waals surface area contributed by atoms with Gasteiger partial charge in [-0.25, -0.2) is 0 Å². The first-order valence-electron chi connectivity index (χ1n) is 9.25. The van der Waals surface area contributed by atoms with Gasteiger partial charge in [0.25, 0.3) is 0 Å². The highest BCUT2D eigenvalue weighted by Gasteiger charge is 2.26. The zero-order valence-corrected chi connectivity index (χ0v) is 14.1. The quantitative estimate of drug-likeness (QED) is 0.531. The Hall–Kier alpha value is -0.0800. The molecule has 120 valence electrons. The molecule has 0 aromatic carbocycles. The highest BCUT2D eigenvalue weighted by Crippen LogP contribution is 2.24. The van der Waals surface area contributed by atoms with E-state index in [2.05, 4.69) is 18.7 Å². The highest BCUT2D eigenvalue weighted by atomic mass is 15.2. The number of hydrogen-bond acceptors (Lipinski definition) is 2. The minimum absolute atomic E-state index is 0.660. The van der Waals surface area contributed by atoms with Crippen LogP contribution in [0.1, 0.15) is 84.5 Å². The van der Waals surface area contributed by atoms with Crippen molar-refractivity contribution in [3.8, 4) is 0 Å². The van der Waals surface area contributed by atoms with Crippen LogP contribution >= 0.6 is 0 Å². The highest BCUT2D eigenvalue weighted by molar-refractivity contribution is 4.81. The predicted molar refractivity (Wildman–Crippen MR) is 90.0 cm³/mol. The fourth-order valence-corrected chi connectivity index (χ4v) is 3.62. The molecule has 0 saturated carbocycles. The number of nitrogens with zero attached hydrogens (tertiary/aromatic N) is 1. The lowest BCUT2D eigenvalue weighted by Crippen LogP contribution is -2.39. The van der Waals surface area contributed by atoms with Gasteiger partial charge in [-0.2, -0.15) is 0 Å². The Bertz CT molecular complexity index is 217. The smallest absolute Gasteiger partial charge is 0.0218 e. The Labute approximate surface area is 127 Å². The summed E-state index contributed by atoms with van der Waals surface area (Å²) >= 11 is 0. The summed E-state index contributed by atoms with van der Waals surface area (Å²) in [5, 5.41) is 0. The van der Waals surface area contributed by atoms with Crippen molar-refractivity contribution in [2.24, 2.45) is 11.7 Å². The van der Waals surface area contributed by atoms with E-state index in [1.807, 2.05) is 0 Å². The summed E-state index contributed by atoms with van der Waals surface area (Å²) in [6, 6.07) is 0.660. The summed E-state index contributed by atoms with van der Waals surface area (Å²) in [6.07, 6.45) is 15.3. The van der Waals surface area contributed by atoms with Crippen molar-refractivity contribution in [1.29, 1.82) is 0 Å². The maximum Gasteiger partial charge on any atom is 0.0218 e. The maximum absolute atomic E-state index is 6.01. The average molecular weight is 283 g/mol. The van der Waals surface area contributed by atoms with Crippen LogP contribution in [0.25, 0.3) is 0 Å². The van der Waals surface area contributed by atoms with E-state index in [4.69, 9.17) is 5.73 Å². The largest absolute Gasteiger partial charge is 0.329 e. The van der Waals surface area contributed by atoms with E-state index in [0.29, 0.717) is 6.04 Å². The fraction of sp³-hybridized carbons (Fsp3) is 1.00. The van der Waals surface area contributed by atoms with Gasteiger partial charge in [-0.05, 0) is 31.7 Å². The fourth-order valence-electron chi connectivity index (χ4n) is 3.62. The van der Waals surface area contributed by atoms with Crippen LogP contribution in [0.5, 0.6) is 0 Å². The minimum Gasteiger partial charge on any atom is -0.329 e. The van der Waals surface area contributed by atoms with Gasteiger partial charge < -0.3 is 5.73 Å². The van der Waals surface area contributed by atoms with Crippen LogP contribution in [0, 0.1) is 5.92 Å². The first-order chi connectivity index (χ1) is 9.81. The van der Waals surface area contributed by atoms with Crippen LogP contribution in [0.3, 0.4) is 0 Å². The first kappa shape index (κ1) is 18.0. The van der Waals surface area contributed by atoms with Crippen LogP contribution < -0.4 is 5.73 Å². The Morgan fingerprint density at radius 3 is 2.35 bits per heavy atom. The molecular weight excluding hydrogens is 244 g/mol. The van der Waals surface area contributed by atoms with Crippen LogP contribution in [-0.2, 0) is 0 Å². The summed E-state index contributed by atoms with van der Waals surface area (Å²) in [4.78, 5) is 2.68. The Morgan fingerprint density at radius 1 is 1.00 bits per heavy atom. The molecule has 0 amide bonds. The molecule has 0 aliphatic carbocycles. The van der Waals surface area contributed by atoms with Gasteiger partial charge in [0.15, 0.2) is 0 Å². The molecule has 1 aliphatic rings. The van der Waals surface area contributed by atoms with E-state index in [-0.39, 0.29) is 0 Å². The number of likely N-dealkylation sites (tertiary alicyclic amines) is 1. The van der Waals surface area contributed by atoms with Gasteiger partial charge in [-0.3, -0.25) is 4.90 Å². The van der Waals surface area contributed by atoms with E-state index < -0.39 is 0 Å². The third-order valence-corrected chi connectivity index (χ3v) is 4.94. The van der Waals surface area contributed by atoms with Crippen LogP contribution in [0.15, 0.2) is 0 Å². The molecule has 2 nitrogen and oxygen atoms in total. The van der Waals surface area contributed by atoms with Crippen molar-refractivity contribution >= 4 is 0 Å². The Kier molecular flexibility index (Phi) is 10.4. The SMILES string of the molecule is CCCCCCCCCC(CN)N1CCC(CCC)C1. The Morgan fingerprint density at radius 2 is 1.70 bits per heavy atom. The molecule has 1 aliphatic heterocycles. The van der Waals surface area contributed by atoms with E-state index in [9.17, 15) is 0 Å². The molecule has 2 N–H and O–H groups in total. The summed E-state index contributed by atoms with van der Waals surface area (Å²) in [7, 11) is 0. The van der Waals surface area contributed by atoms with Crippen molar-refractivity contribution in [3.05, 3.63) is 0 Å². The Balaban J connectivity index is 2.07. The average Bonchev–Trinajstić information content (AvgIpc) is 2.91. The molecule has 0 spiro atoms. The summed E-state index contributed by atoms with van der Waals surface area (Å²) in [5.74, 6) is 0.947. The van der Waals surface area contributed by atoms with E-state index in [0.717, 1.165) is 12.5 Å². The molecule has 1 saturated heterocycles. The number of nitrogens with two attached hydrogens (primary N) is 1. The standard InChI is InChI=1S/C18H38N2/c1-3-5-6-7-8-9-10-12-18(15-19)20-14-13-17(16-20)11-4-2/h17-18H,3-16,19H2,1-2H3. The zero-order valence-electron chi connectivity index (χ0n) is 14.1. The summed E-state index contributed by atoms with van der Waals surface area (Å²) in [6.45, 7) is 8.05. The molecule has 1 heterocycles. The second-order valence-corrected chi connectivity index (χ2v) is 6.74. The first-order valence-corrected chi connectivity index (χ1v) is 9.25. The van der Waals surface area contributed by atoms with Gasteiger partial charge >= 0.3 is 0 Å². The topological polar surface area (TPSA) is 29.3 Å². The monoisotopic (exact) mass is 282 g/mol. The lowest BCUT2D eigenvalue weighted by atomic mass is 10.0. The van der Waals surface area contributed by atoms with Crippen molar-refractivity contribution in [2.45, 2.75) is 90.5 Å². The lowest BCUT2D eigenvalue weighted by Gasteiger charge is -2.26. The molecule has 0 aromatic heterocycles. The van der Waals surface area contributed by atoms with Crippen molar-refractivity contribution < 1.29 is 0 Å². The third-order valence-electron chi connectivity index (χ3n) is 4.94. The van der Waals surface area contributed by atoms with E-state index in [1.165, 1.54) is 83.7 Å². The van der Waals surface area contributed by atoms with E-state index in [1.54, 1.807) is 0 Å². The molecule has 2 atom stereocenters. The molecule has 1 rings (SSSR count). The number of unbranched alkanes of at least 4 members (excludes halogenated alkanes) is 6. The minimum atomic E-state index is 0.660. The van der Waals surface area contributed by atoms with Gasteiger partial charge in [0.05, 0.1) is 0 Å². The van der Waals surface area contributed by atoms with Crippen molar-refractivity contribution in [2.75, 3.05) is 19.6 Å². The molecule has 1 fully saturated rings. The second-order valence-electron chi connectivity index (χ2n) is 6.74. The normalized spacial score (nSPS) is 21.4. The van der Waals surface area contributed by atoms with Crippen LogP contribution in [0.4, 0.5) is 0 Å². The number of hydrogen-bond donors (Lipinski definition) is 1. The van der Waals surface area contributed by atoms with Crippen LogP contribution in [0.2, 0.25) is 0 Å². The third kappa shape index (κ3) is 7.08. The zero-order chi connectivity index (χ0) is 14.6. The van der Waals surface area contributed by atoms with Gasteiger partial charge in [0.2, 0.25) is 0 Å². The second kappa shape index (κ2) is 11.6. The predicted octanol–water partition coefficient (Wildman–Crippen LogP) is 4.58. The maximum atomic E-state index is 6.01.